The van der Waals surface area contributed by atoms with Crippen molar-refractivity contribution in [3.05, 3.63) is 36.2 Å². The Balaban J connectivity index is 1.73. The highest BCUT2D eigenvalue weighted by molar-refractivity contribution is 5.94. The Kier molecular flexibility index (Phi) is 5.86. The first-order chi connectivity index (χ1) is 12.8. The molecule has 2 fully saturated rings. The number of amides is 1. The second kappa shape index (κ2) is 7.98. The lowest BCUT2D eigenvalue weighted by Crippen LogP contribution is -2.60. The Morgan fingerprint density at radius 2 is 2.04 bits per heavy atom. The van der Waals surface area contributed by atoms with Crippen LogP contribution < -0.4 is 0 Å². The van der Waals surface area contributed by atoms with Gasteiger partial charge in [-0.15, -0.1) is 6.58 Å². The molecule has 1 aromatic rings. The smallest absolute Gasteiger partial charge is 0.222 e. The van der Waals surface area contributed by atoms with Gasteiger partial charge in [-0.05, 0) is 32.9 Å². The average molecular weight is 373 g/mol. The van der Waals surface area contributed by atoms with Crippen LogP contribution in [0, 0.1) is 0 Å². The number of carbonyl (C=O) groups is 2. The van der Waals surface area contributed by atoms with Crippen LogP contribution in [0.1, 0.15) is 42.2 Å². The summed E-state index contributed by atoms with van der Waals surface area (Å²) in [5, 5.41) is 0. The predicted molar refractivity (Wildman–Crippen MR) is 107 cm³/mol. The van der Waals surface area contributed by atoms with Crippen molar-refractivity contribution in [2.45, 2.75) is 38.3 Å². The number of rotatable bonds is 5. The lowest BCUT2D eigenvalue weighted by atomic mass is 9.86. The molecule has 6 heteroatoms. The molecule has 6 nitrogen and oxygen atoms in total. The summed E-state index contributed by atoms with van der Waals surface area (Å²) in [5.74, 6) is 0.349. The van der Waals surface area contributed by atoms with E-state index in [0.717, 1.165) is 56.8 Å². The standard InChI is InChI=1S/C21H32N4O2/c1-5-9-25-10-8-21(7-6-20(25)27)16-24(12-11-23(21)4)15-19-13-18(17(2)26)14-22(19)3/h5,13-14H,1,6-12,15-16H2,2-4H3. The number of aromatic nitrogens is 1. The van der Waals surface area contributed by atoms with Gasteiger partial charge in [0.25, 0.3) is 0 Å². The number of carbonyl (C=O) groups excluding carboxylic acids is 2. The summed E-state index contributed by atoms with van der Waals surface area (Å²) in [4.78, 5) is 31.0. The highest BCUT2D eigenvalue weighted by atomic mass is 16.2. The molecule has 1 unspecified atom stereocenters. The SMILES string of the molecule is C=CCN1CCC2(CCC1=O)CN(Cc1cc(C(C)=O)cn1C)CCN2C. The summed E-state index contributed by atoms with van der Waals surface area (Å²) in [6.07, 6.45) is 6.23. The third kappa shape index (κ3) is 4.17. The second-order valence-corrected chi connectivity index (χ2v) is 8.12. The summed E-state index contributed by atoms with van der Waals surface area (Å²) in [6, 6.07) is 2.01. The number of ketones is 1. The van der Waals surface area contributed by atoms with E-state index in [9.17, 15) is 9.59 Å². The van der Waals surface area contributed by atoms with Crippen LogP contribution in [-0.4, -0.2) is 76.3 Å². The molecule has 1 atom stereocenters. The number of nitrogens with zero attached hydrogens (tertiary/aromatic N) is 4. The van der Waals surface area contributed by atoms with E-state index in [1.54, 1.807) is 6.92 Å². The zero-order valence-corrected chi connectivity index (χ0v) is 16.9. The van der Waals surface area contributed by atoms with Crippen LogP contribution in [0.25, 0.3) is 0 Å². The summed E-state index contributed by atoms with van der Waals surface area (Å²) >= 11 is 0. The minimum atomic E-state index is 0.0401. The minimum Gasteiger partial charge on any atom is -0.353 e. The Morgan fingerprint density at radius 1 is 1.26 bits per heavy atom. The summed E-state index contributed by atoms with van der Waals surface area (Å²) < 4.78 is 2.06. The number of hydrogen-bond donors (Lipinski definition) is 0. The van der Waals surface area contributed by atoms with Crippen LogP contribution >= 0.6 is 0 Å². The minimum absolute atomic E-state index is 0.0401. The molecule has 2 aliphatic rings. The third-order valence-corrected chi connectivity index (χ3v) is 6.33. The molecule has 1 spiro atoms. The number of Topliss-reactive ketones (excluding diaryl/α,β-unsaturated/α-hetero) is 1. The summed E-state index contributed by atoms with van der Waals surface area (Å²) in [5.41, 5.74) is 1.98. The Labute approximate surface area is 162 Å². The number of likely N-dealkylation sites (N-methyl/N-ethyl adjacent to an activating group) is 1. The van der Waals surface area contributed by atoms with Crippen molar-refractivity contribution in [2.24, 2.45) is 7.05 Å². The maximum Gasteiger partial charge on any atom is 0.222 e. The Morgan fingerprint density at radius 3 is 2.70 bits per heavy atom. The molecule has 2 saturated heterocycles. The van der Waals surface area contributed by atoms with Crippen molar-refractivity contribution in [1.29, 1.82) is 0 Å². The van der Waals surface area contributed by atoms with Crippen molar-refractivity contribution < 1.29 is 9.59 Å². The van der Waals surface area contributed by atoms with Gasteiger partial charge >= 0.3 is 0 Å². The molecular formula is C21H32N4O2. The Bertz CT molecular complexity index is 726. The molecule has 0 saturated carbocycles. The van der Waals surface area contributed by atoms with Crippen LogP contribution in [0.15, 0.2) is 24.9 Å². The van der Waals surface area contributed by atoms with E-state index in [2.05, 4.69) is 28.0 Å². The normalized spacial score (nSPS) is 25.0. The van der Waals surface area contributed by atoms with E-state index in [0.29, 0.717) is 13.0 Å². The van der Waals surface area contributed by atoms with Gasteiger partial charge in [-0.2, -0.15) is 0 Å². The first kappa shape index (κ1) is 19.8. The zero-order valence-electron chi connectivity index (χ0n) is 16.9. The molecule has 148 valence electrons. The molecule has 0 aliphatic carbocycles. The first-order valence-electron chi connectivity index (χ1n) is 9.83. The van der Waals surface area contributed by atoms with E-state index in [4.69, 9.17) is 0 Å². The van der Waals surface area contributed by atoms with Gasteiger partial charge in [-0.3, -0.25) is 19.4 Å². The summed E-state index contributed by atoms with van der Waals surface area (Å²) in [7, 11) is 4.20. The monoisotopic (exact) mass is 372 g/mol. The Hall–Kier alpha value is -1.92. The number of aryl methyl sites for hydroxylation is 1. The maximum absolute atomic E-state index is 12.4. The lowest BCUT2D eigenvalue weighted by Gasteiger charge is -2.49. The molecule has 0 bridgehead atoms. The van der Waals surface area contributed by atoms with Crippen molar-refractivity contribution in [3.63, 3.8) is 0 Å². The van der Waals surface area contributed by atoms with E-state index >= 15 is 0 Å². The van der Waals surface area contributed by atoms with Gasteiger partial charge in [0.2, 0.25) is 5.91 Å². The second-order valence-electron chi connectivity index (χ2n) is 8.12. The number of likely N-dealkylation sites (tertiary alicyclic amines) is 1. The van der Waals surface area contributed by atoms with Gasteiger partial charge < -0.3 is 9.47 Å². The molecular weight excluding hydrogens is 340 g/mol. The molecule has 3 rings (SSSR count). The van der Waals surface area contributed by atoms with Gasteiger partial charge in [0.1, 0.15) is 0 Å². The van der Waals surface area contributed by atoms with Gasteiger partial charge in [0.15, 0.2) is 5.78 Å². The zero-order chi connectivity index (χ0) is 19.6. The van der Waals surface area contributed by atoms with Gasteiger partial charge in [0, 0.05) is 75.7 Å². The van der Waals surface area contributed by atoms with Gasteiger partial charge in [-0.25, -0.2) is 0 Å². The molecule has 0 radical (unpaired) electrons. The highest BCUT2D eigenvalue weighted by Gasteiger charge is 2.42. The van der Waals surface area contributed by atoms with E-state index < -0.39 is 0 Å². The van der Waals surface area contributed by atoms with Crippen molar-refractivity contribution >= 4 is 11.7 Å². The van der Waals surface area contributed by atoms with Gasteiger partial charge in [0.05, 0.1) is 0 Å². The highest BCUT2D eigenvalue weighted by Crippen LogP contribution is 2.32. The molecule has 0 N–H and O–H groups in total. The molecule has 1 amide bonds. The van der Waals surface area contributed by atoms with Crippen molar-refractivity contribution in [1.82, 2.24) is 19.3 Å². The van der Waals surface area contributed by atoms with Crippen molar-refractivity contribution in [2.75, 3.05) is 39.8 Å². The first-order valence-corrected chi connectivity index (χ1v) is 9.83. The van der Waals surface area contributed by atoms with Crippen LogP contribution in [0.3, 0.4) is 0 Å². The van der Waals surface area contributed by atoms with Crippen LogP contribution in [-0.2, 0) is 18.4 Å². The fourth-order valence-electron chi connectivity index (χ4n) is 4.45. The number of piperazine rings is 1. The molecule has 1 aromatic heterocycles. The van der Waals surface area contributed by atoms with E-state index in [-0.39, 0.29) is 17.2 Å². The van der Waals surface area contributed by atoms with Crippen molar-refractivity contribution in [3.8, 4) is 0 Å². The predicted octanol–water partition coefficient (Wildman–Crippen LogP) is 1.91. The molecule has 0 aromatic carbocycles. The molecule has 3 heterocycles. The van der Waals surface area contributed by atoms with E-state index in [1.807, 2.05) is 30.3 Å². The van der Waals surface area contributed by atoms with Crippen LogP contribution in [0.5, 0.6) is 0 Å². The number of hydrogen-bond acceptors (Lipinski definition) is 4. The van der Waals surface area contributed by atoms with Crippen LogP contribution in [0.4, 0.5) is 0 Å². The average Bonchev–Trinajstić information content (AvgIpc) is 2.92. The fraction of sp³-hybridized carbons (Fsp3) is 0.619. The fourth-order valence-corrected chi connectivity index (χ4v) is 4.45. The maximum atomic E-state index is 12.4. The van der Waals surface area contributed by atoms with Gasteiger partial charge in [-0.1, -0.05) is 6.08 Å². The third-order valence-electron chi connectivity index (χ3n) is 6.33. The van der Waals surface area contributed by atoms with E-state index in [1.165, 1.54) is 0 Å². The van der Waals surface area contributed by atoms with Crippen LogP contribution in [0.2, 0.25) is 0 Å². The largest absolute Gasteiger partial charge is 0.353 e. The molecule has 2 aliphatic heterocycles. The summed E-state index contributed by atoms with van der Waals surface area (Å²) in [6.45, 7) is 10.6. The lowest BCUT2D eigenvalue weighted by molar-refractivity contribution is -0.130. The topological polar surface area (TPSA) is 48.8 Å². The quantitative estimate of drug-likeness (QED) is 0.585. The molecule has 27 heavy (non-hydrogen) atoms.